The van der Waals surface area contributed by atoms with E-state index in [1.165, 1.54) is 26.4 Å². The summed E-state index contributed by atoms with van der Waals surface area (Å²) in [6, 6.07) is 19.8. The minimum Gasteiger partial charge on any atom is -0.306 e. The number of nitrogens with zero attached hydrogens (tertiary/aromatic N) is 2. The van der Waals surface area contributed by atoms with Crippen molar-refractivity contribution in [2.24, 2.45) is 0 Å². The number of para-hydroxylation sites is 2. The fraction of sp³-hybridized carbons (Fsp3) is 0.292. The first-order valence-corrected chi connectivity index (χ1v) is 11.1. The predicted molar refractivity (Wildman–Crippen MR) is 120 cm³/mol. The zero-order valence-corrected chi connectivity index (χ0v) is 17.7. The van der Waals surface area contributed by atoms with E-state index in [9.17, 15) is 4.79 Å². The Bertz CT molecular complexity index is 1300. The van der Waals surface area contributed by atoms with E-state index in [1.54, 1.807) is 0 Å². The maximum absolute atomic E-state index is 12.6. The van der Waals surface area contributed by atoms with E-state index in [-0.39, 0.29) is 11.7 Å². The number of imidazole rings is 1. The van der Waals surface area contributed by atoms with Crippen molar-refractivity contribution in [3.63, 3.8) is 0 Å². The molecule has 0 saturated carbocycles. The number of aromatic amines is 1. The molecular weight excluding hydrogens is 426 g/mol. The Balaban J connectivity index is 1.29. The molecule has 1 fully saturated rings. The minimum atomic E-state index is 0.0189. The average Bonchev–Trinajstić information content (AvgIpc) is 3.30. The van der Waals surface area contributed by atoms with Crippen LogP contribution in [0.1, 0.15) is 36.1 Å². The van der Waals surface area contributed by atoms with Gasteiger partial charge in [-0.05, 0) is 59.4 Å². The van der Waals surface area contributed by atoms with E-state index >= 15 is 0 Å². The second-order valence-corrected chi connectivity index (χ2v) is 9.14. The first-order chi connectivity index (χ1) is 14.2. The number of likely N-dealkylation sites (tertiary alicyclic amines) is 1. The summed E-state index contributed by atoms with van der Waals surface area (Å²) < 4.78 is 3.20. The largest absolute Gasteiger partial charge is 0.326 e. The molecule has 6 rings (SSSR count). The molecule has 4 aromatic rings. The van der Waals surface area contributed by atoms with Gasteiger partial charge >= 0.3 is 5.69 Å². The van der Waals surface area contributed by atoms with Crippen molar-refractivity contribution in [1.29, 1.82) is 0 Å². The molecule has 0 amide bonds. The lowest BCUT2D eigenvalue weighted by molar-refractivity contribution is 0.137. The third-order valence-corrected chi connectivity index (χ3v) is 7.49. The molecule has 1 aliphatic carbocycles. The summed E-state index contributed by atoms with van der Waals surface area (Å²) in [5, 5.41) is 2.77. The van der Waals surface area contributed by atoms with Crippen LogP contribution in [-0.2, 0) is 6.42 Å². The third kappa shape index (κ3) is 2.64. The van der Waals surface area contributed by atoms with Crippen LogP contribution in [0, 0.1) is 0 Å². The molecule has 1 aliphatic heterocycles. The molecule has 2 aliphatic rings. The number of fused-ring (bicyclic) bond motifs is 1. The SMILES string of the molecule is O=c1[nH]c2ccccc2n1C1CCN(C2Cc3cccc4ccc(Br)c2c34)CC1. The average molecular weight is 448 g/mol. The summed E-state index contributed by atoms with van der Waals surface area (Å²) in [4.78, 5) is 18.2. The summed E-state index contributed by atoms with van der Waals surface area (Å²) in [6.07, 6.45) is 3.08. The van der Waals surface area contributed by atoms with Gasteiger partial charge in [-0.25, -0.2) is 4.79 Å². The Kier molecular flexibility index (Phi) is 3.96. The first kappa shape index (κ1) is 17.5. The Morgan fingerprint density at radius 1 is 0.966 bits per heavy atom. The molecule has 1 saturated heterocycles. The van der Waals surface area contributed by atoms with Crippen molar-refractivity contribution in [1.82, 2.24) is 14.5 Å². The normalized spacial score (nSPS) is 20.1. The van der Waals surface area contributed by atoms with Gasteiger partial charge in [0, 0.05) is 29.6 Å². The van der Waals surface area contributed by atoms with Crippen LogP contribution in [0.2, 0.25) is 0 Å². The lowest BCUT2D eigenvalue weighted by Crippen LogP contribution is -2.39. The van der Waals surface area contributed by atoms with E-state index in [0.717, 1.165) is 43.4 Å². The van der Waals surface area contributed by atoms with Crippen molar-refractivity contribution in [2.75, 3.05) is 13.1 Å². The molecule has 0 bridgehead atoms. The number of hydrogen-bond donors (Lipinski definition) is 1. The number of hydrogen-bond acceptors (Lipinski definition) is 2. The van der Waals surface area contributed by atoms with Crippen LogP contribution in [0.3, 0.4) is 0 Å². The fourth-order valence-corrected chi connectivity index (χ4v) is 6.06. The van der Waals surface area contributed by atoms with Crippen LogP contribution in [-0.4, -0.2) is 27.5 Å². The summed E-state index contributed by atoms with van der Waals surface area (Å²) in [7, 11) is 0. The Hall–Kier alpha value is -2.37. The van der Waals surface area contributed by atoms with Crippen LogP contribution in [0.25, 0.3) is 21.8 Å². The highest BCUT2D eigenvalue weighted by molar-refractivity contribution is 9.10. The summed E-state index contributed by atoms with van der Waals surface area (Å²) in [5.41, 5.74) is 4.88. The number of benzene rings is 3. The van der Waals surface area contributed by atoms with Gasteiger partial charge in [-0.1, -0.05) is 52.3 Å². The zero-order valence-electron chi connectivity index (χ0n) is 16.1. The van der Waals surface area contributed by atoms with Gasteiger partial charge in [0.15, 0.2) is 0 Å². The molecule has 5 heteroatoms. The van der Waals surface area contributed by atoms with E-state index in [0.29, 0.717) is 6.04 Å². The predicted octanol–water partition coefficient (Wildman–Crippen LogP) is 5.18. The number of piperidine rings is 1. The molecular formula is C24H22BrN3O. The van der Waals surface area contributed by atoms with Gasteiger partial charge in [0.2, 0.25) is 0 Å². The van der Waals surface area contributed by atoms with Crippen LogP contribution in [0.15, 0.2) is 63.9 Å². The lowest BCUT2D eigenvalue weighted by atomic mass is 9.99. The highest BCUT2D eigenvalue weighted by Gasteiger charge is 2.34. The Morgan fingerprint density at radius 2 is 1.79 bits per heavy atom. The number of H-pyrrole nitrogens is 1. The third-order valence-electron chi connectivity index (χ3n) is 6.79. The Labute approximate surface area is 177 Å². The quantitative estimate of drug-likeness (QED) is 0.459. The smallest absolute Gasteiger partial charge is 0.306 e. The van der Waals surface area contributed by atoms with Crippen LogP contribution >= 0.6 is 15.9 Å². The van der Waals surface area contributed by atoms with E-state index in [2.05, 4.69) is 56.1 Å². The van der Waals surface area contributed by atoms with Crippen molar-refractivity contribution < 1.29 is 0 Å². The minimum absolute atomic E-state index is 0.0189. The standard InChI is InChI=1S/C24H22BrN3O/c25-18-9-8-15-4-3-5-16-14-21(23(18)22(15)16)27-12-10-17(11-13-27)28-20-7-2-1-6-19(20)26-24(28)29/h1-9,17,21H,10-14H2,(H,26,29). The molecule has 1 atom stereocenters. The topological polar surface area (TPSA) is 41.0 Å². The maximum Gasteiger partial charge on any atom is 0.326 e. The van der Waals surface area contributed by atoms with Crippen molar-refractivity contribution in [2.45, 2.75) is 31.3 Å². The van der Waals surface area contributed by atoms with E-state index < -0.39 is 0 Å². The number of halogens is 1. The molecule has 2 heterocycles. The van der Waals surface area contributed by atoms with E-state index in [4.69, 9.17) is 0 Å². The molecule has 1 N–H and O–H groups in total. The van der Waals surface area contributed by atoms with Crippen LogP contribution < -0.4 is 5.69 Å². The van der Waals surface area contributed by atoms with Gasteiger partial charge in [-0.2, -0.15) is 0 Å². The van der Waals surface area contributed by atoms with Crippen molar-refractivity contribution in [3.05, 3.63) is 80.7 Å². The van der Waals surface area contributed by atoms with Crippen LogP contribution in [0.5, 0.6) is 0 Å². The molecule has 146 valence electrons. The van der Waals surface area contributed by atoms with Gasteiger partial charge in [-0.3, -0.25) is 9.47 Å². The summed E-state index contributed by atoms with van der Waals surface area (Å²) in [5.74, 6) is 0. The second kappa shape index (κ2) is 6.57. The molecule has 4 nitrogen and oxygen atoms in total. The summed E-state index contributed by atoms with van der Waals surface area (Å²) >= 11 is 3.82. The van der Waals surface area contributed by atoms with Gasteiger partial charge in [0.1, 0.15) is 0 Å². The number of rotatable bonds is 2. The van der Waals surface area contributed by atoms with Gasteiger partial charge in [-0.15, -0.1) is 0 Å². The van der Waals surface area contributed by atoms with Crippen molar-refractivity contribution in [3.8, 4) is 0 Å². The Morgan fingerprint density at radius 3 is 2.66 bits per heavy atom. The van der Waals surface area contributed by atoms with E-state index in [1.807, 2.05) is 28.8 Å². The zero-order chi connectivity index (χ0) is 19.5. The van der Waals surface area contributed by atoms with Crippen molar-refractivity contribution >= 4 is 37.7 Å². The number of aromatic nitrogens is 2. The lowest BCUT2D eigenvalue weighted by Gasteiger charge is -2.37. The molecule has 29 heavy (non-hydrogen) atoms. The molecule has 1 aromatic heterocycles. The van der Waals surface area contributed by atoms with Gasteiger partial charge < -0.3 is 4.98 Å². The second-order valence-electron chi connectivity index (χ2n) is 8.28. The number of nitrogens with one attached hydrogen (secondary N) is 1. The molecule has 3 aromatic carbocycles. The summed E-state index contributed by atoms with van der Waals surface area (Å²) in [6.45, 7) is 2.02. The highest BCUT2D eigenvalue weighted by atomic mass is 79.9. The molecule has 0 radical (unpaired) electrons. The highest BCUT2D eigenvalue weighted by Crippen LogP contribution is 2.45. The van der Waals surface area contributed by atoms with Gasteiger partial charge in [0.25, 0.3) is 0 Å². The van der Waals surface area contributed by atoms with Crippen LogP contribution in [0.4, 0.5) is 0 Å². The van der Waals surface area contributed by atoms with Gasteiger partial charge in [0.05, 0.1) is 11.0 Å². The first-order valence-electron chi connectivity index (χ1n) is 10.3. The monoisotopic (exact) mass is 447 g/mol. The maximum atomic E-state index is 12.6. The molecule has 0 spiro atoms. The molecule has 1 unspecified atom stereocenters. The fourth-order valence-electron chi connectivity index (χ4n) is 5.47.